The molecule has 0 heterocycles. The Morgan fingerprint density at radius 1 is 1.30 bits per heavy atom. The predicted octanol–water partition coefficient (Wildman–Crippen LogP) is 2.77. The Kier molecular flexibility index (Phi) is 5.80. The summed E-state index contributed by atoms with van der Waals surface area (Å²) in [6.07, 6.45) is 2.07. The lowest BCUT2D eigenvalue weighted by atomic mass is 10.0. The number of nitrogens with two attached hydrogens (primary N) is 2. The van der Waals surface area contributed by atoms with E-state index < -0.39 is 11.7 Å². The predicted molar refractivity (Wildman–Crippen MR) is 81.3 cm³/mol. The lowest BCUT2D eigenvalue weighted by Crippen LogP contribution is -2.30. The fourth-order valence-corrected chi connectivity index (χ4v) is 2.29. The van der Waals surface area contributed by atoms with Gasteiger partial charge in [-0.15, -0.1) is 0 Å². The van der Waals surface area contributed by atoms with Crippen LogP contribution in [0.3, 0.4) is 0 Å². The van der Waals surface area contributed by atoms with Crippen molar-refractivity contribution in [1.29, 1.82) is 0 Å². The molecule has 0 saturated heterocycles. The smallest absolute Gasteiger partial charge is 0.250 e. The third-order valence-corrected chi connectivity index (χ3v) is 3.74. The first kappa shape index (κ1) is 16.3. The summed E-state index contributed by atoms with van der Waals surface area (Å²) in [6.45, 7) is 7.62. The molecule has 1 rings (SSSR count). The third kappa shape index (κ3) is 3.62. The molecule has 0 spiro atoms. The van der Waals surface area contributed by atoms with E-state index in [1.54, 1.807) is 0 Å². The molecule has 0 atom stereocenters. The van der Waals surface area contributed by atoms with Gasteiger partial charge in [0.15, 0.2) is 0 Å². The second-order valence-corrected chi connectivity index (χ2v) is 4.98. The van der Waals surface area contributed by atoms with E-state index in [4.69, 9.17) is 11.5 Å². The molecule has 4 nitrogen and oxygen atoms in total. The molecular weight excluding hydrogens is 257 g/mol. The van der Waals surface area contributed by atoms with Gasteiger partial charge in [0.05, 0.1) is 11.3 Å². The van der Waals surface area contributed by atoms with Gasteiger partial charge < -0.3 is 16.4 Å². The second-order valence-electron chi connectivity index (χ2n) is 4.98. The summed E-state index contributed by atoms with van der Waals surface area (Å²) in [5.41, 5.74) is 11.5. The van der Waals surface area contributed by atoms with E-state index in [2.05, 4.69) is 13.8 Å². The van der Waals surface area contributed by atoms with Gasteiger partial charge in [-0.25, -0.2) is 4.39 Å². The Hall–Kier alpha value is -1.78. The molecule has 0 aliphatic rings. The van der Waals surface area contributed by atoms with E-state index in [0.29, 0.717) is 18.2 Å². The van der Waals surface area contributed by atoms with Crippen molar-refractivity contribution in [2.75, 3.05) is 23.7 Å². The maximum atomic E-state index is 14.1. The number of hydrogen-bond acceptors (Lipinski definition) is 3. The largest absolute Gasteiger partial charge is 0.398 e. The van der Waals surface area contributed by atoms with E-state index in [-0.39, 0.29) is 11.3 Å². The number of carbonyl (C=O) groups is 1. The van der Waals surface area contributed by atoms with E-state index in [1.807, 2.05) is 11.8 Å². The molecule has 0 radical (unpaired) electrons. The summed E-state index contributed by atoms with van der Waals surface area (Å²) in [5, 5.41) is 0. The van der Waals surface area contributed by atoms with Crippen LogP contribution in [0.2, 0.25) is 0 Å². The first-order valence-electron chi connectivity index (χ1n) is 7.08. The number of amides is 1. The van der Waals surface area contributed by atoms with Crippen LogP contribution < -0.4 is 16.4 Å². The zero-order valence-corrected chi connectivity index (χ0v) is 12.4. The minimum atomic E-state index is -0.637. The molecule has 20 heavy (non-hydrogen) atoms. The van der Waals surface area contributed by atoms with Gasteiger partial charge in [-0.3, -0.25) is 4.79 Å². The molecule has 4 N–H and O–H groups in total. The lowest BCUT2D eigenvalue weighted by Gasteiger charge is -2.28. The molecule has 0 saturated carbocycles. The highest BCUT2D eigenvalue weighted by Gasteiger charge is 2.18. The van der Waals surface area contributed by atoms with Crippen molar-refractivity contribution >= 4 is 17.3 Å². The van der Waals surface area contributed by atoms with Crippen molar-refractivity contribution < 1.29 is 9.18 Å². The van der Waals surface area contributed by atoms with Crippen LogP contribution in [0.1, 0.15) is 44.0 Å². The number of benzene rings is 1. The van der Waals surface area contributed by atoms with Gasteiger partial charge >= 0.3 is 0 Å². The van der Waals surface area contributed by atoms with Crippen LogP contribution in [0.25, 0.3) is 0 Å². The van der Waals surface area contributed by atoms with Gasteiger partial charge in [-0.2, -0.15) is 0 Å². The van der Waals surface area contributed by atoms with Crippen LogP contribution in [-0.4, -0.2) is 19.0 Å². The Morgan fingerprint density at radius 3 is 2.35 bits per heavy atom. The number of carbonyl (C=O) groups excluding carboxylic acids is 1. The zero-order chi connectivity index (χ0) is 15.3. The fourth-order valence-electron chi connectivity index (χ4n) is 2.29. The highest BCUT2D eigenvalue weighted by Crippen LogP contribution is 2.26. The third-order valence-electron chi connectivity index (χ3n) is 3.74. The van der Waals surface area contributed by atoms with Gasteiger partial charge in [0.25, 0.3) is 5.91 Å². The number of anilines is 2. The number of hydrogen-bond donors (Lipinski definition) is 2. The molecule has 0 fully saturated rings. The van der Waals surface area contributed by atoms with Crippen molar-refractivity contribution in [1.82, 2.24) is 0 Å². The molecule has 5 heteroatoms. The molecule has 1 aromatic rings. The summed E-state index contributed by atoms with van der Waals surface area (Å²) in [7, 11) is 0. The standard InChI is InChI=1S/C15H24FN3O/c1-4-10(5-2)9-19(6-3)14-7-11(15(18)20)13(17)8-12(14)16/h7-8,10H,4-6,9,17H2,1-3H3,(H2,18,20). The number of rotatable bonds is 7. The van der Waals surface area contributed by atoms with Gasteiger partial charge in [-0.1, -0.05) is 26.7 Å². The van der Waals surface area contributed by atoms with E-state index in [1.165, 1.54) is 12.1 Å². The van der Waals surface area contributed by atoms with Gasteiger partial charge in [-0.05, 0) is 25.0 Å². The Morgan fingerprint density at radius 2 is 1.90 bits per heavy atom. The van der Waals surface area contributed by atoms with Crippen LogP contribution >= 0.6 is 0 Å². The Bertz CT molecular complexity index is 472. The van der Waals surface area contributed by atoms with E-state index in [0.717, 1.165) is 19.4 Å². The molecular formula is C15H24FN3O. The van der Waals surface area contributed by atoms with Crippen LogP contribution in [0.4, 0.5) is 15.8 Å². The summed E-state index contributed by atoms with van der Waals surface area (Å²) in [5.74, 6) is -0.563. The van der Waals surface area contributed by atoms with Crippen LogP contribution in [0, 0.1) is 11.7 Å². The van der Waals surface area contributed by atoms with Crippen LogP contribution in [-0.2, 0) is 0 Å². The zero-order valence-electron chi connectivity index (χ0n) is 12.4. The van der Waals surface area contributed by atoms with Crippen LogP contribution in [0.15, 0.2) is 12.1 Å². The summed E-state index contributed by atoms with van der Waals surface area (Å²) in [6, 6.07) is 2.63. The number of nitrogen functional groups attached to an aromatic ring is 1. The Balaban J connectivity index is 3.14. The summed E-state index contributed by atoms with van der Waals surface area (Å²) < 4.78 is 14.1. The quantitative estimate of drug-likeness (QED) is 0.755. The molecule has 1 amide bonds. The molecule has 0 aromatic heterocycles. The van der Waals surface area contributed by atoms with E-state index >= 15 is 0 Å². The highest BCUT2D eigenvalue weighted by atomic mass is 19.1. The average molecular weight is 281 g/mol. The number of halogens is 1. The lowest BCUT2D eigenvalue weighted by molar-refractivity contribution is 0.100. The maximum Gasteiger partial charge on any atom is 0.250 e. The normalized spacial score (nSPS) is 10.8. The highest BCUT2D eigenvalue weighted by molar-refractivity contribution is 5.99. The topological polar surface area (TPSA) is 72.3 Å². The van der Waals surface area contributed by atoms with Crippen molar-refractivity contribution in [3.63, 3.8) is 0 Å². The van der Waals surface area contributed by atoms with Crippen molar-refractivity contribution in [3.8, 4) is 0 Å². The molecule has 0 bridgehead atoms. The van der Waals surface area contributed by atoms with Crippen molar-refractivity contribution in [2.45, 2.75) is 33.6 Å². The van der Waals surface area contributed by atoms with Crippen molar-refractivity contribution in [3.05, 3.63) is 23.5 Å². The fraction of sp³-hybridized carbons (Fsp3) is 0.533. The monoisotopic (exact) mass is 281 g/mol. The molecule has 1 aromatic carbocycles. The summed E-state index contributed by atoms with van der Waals surface area (Å²) >= 11 is 0. The average Bonchev–Trinajstić information content (AvgIpc) is 2.41. The number of primary amides is 1. The van der Waals surface area contributed by atoms with Gasteiger partial charge in [0, 0.05) is 18.8 Å². The van der Waals surface area contributed by atoms with E-state index in [9.17, 15) is 9.18 Å². The minimum Gasteiger partial charge on any atom is -0.398 e. The van der Waals surface area contributed by atoms with Gasteiger partial charge in [0.2, 0.25) is 0 Å². The second kappa shape index (κ2) is 7.12. The summed E-state index contributed by atoms with van der Waals surface area (Å²) in [4.78, 5) is 13.3. The Labute approximate surface area is 119 Å². The molecule has 0 aliphatic heterocycles. The molecule has 0 unspecified atom stereocenters. The molecule has 0 aliphatic carbocycles. The van der Waals surface area contributed by atoms with Gasteiger partial charge in [0.1, 0.15) is 5.82 Å². The van der Waals surface area contributed by atoms with Crippen LogP contribution in [0.5, 0.6) is 0 Å². The minimum absolute atomic E-state index is 0.0809. The first-order chi connectivity index (χ1) is 9.44. The molecule has 112 valence electrons. The number of nitrogens with zero attached hydrogens (tertiary/aromatic N) is 1. The van der Waals surface area contributed by atoms with Crippen molar-refractivity contribution in [2.24, 2.45) is 11.7 Å². The first-order valence-corrected chi connectivity index (χ1v) is 7.08. The maximum absolute atomic E-state index is 14.1. The SMILES string of the molecule is CCC(CC)CN(CC)c1cc(C(N)=O)c(N)cc1F.